The first-order valence-electron chi connectivity index (χ1n) is 7.91. The molecule has 134 valence electrons. The second-order valence-corrected chi connectivity index (χ2v) is 6.66. The number of fused-ring (bicyclic) bond motifs is 1. The van der Waals surface area contributed by atoms with Gasteiger partial charge in [-0.2, -0.15) is 0 Å². The lowest BCUT2D eigenvalue weighted by Gasteiger charge is -2.07. The fourth-order valence-corrected chi connectivity index (χ4v) is 3.25. The van der Waals surface area contributed by atoms with Gasteiger partial charge < -0.3 is 11.1 Å². The van der Waals surface area contributed by atoms with Crippen molar-refractivity contribution >= 4 is 39.2 Å². The second kappa shape index (κ2) is 7.44. The monoisotopic (exact) mass is 371 g/mol. The third-order valence-electron chi connectivity index (χ3n) is 3.79. The number of nitrogens with one attached hydrogen (secondary N) is 1. The van der Waals surface area contributed by atoms with Gasteiger partial charge in [-0.25, -0.2) is 9.97 Å². The highest BCUT2D eigenvalue weighted by atomic mass is 32.1. The molecule has 0 saturated carbocycles. The van der Waals surface area contributed by atoms with Crippen LogP contribution in [0.3, 0.4) is 0 Å². The summed E-state index contributed by atoms with van der Waals surface area (Å²) in [6.45, 7) is 2.11. The molecule has 3 aromatic rings. The van der Waals surface area contributed by atoms with Crippen molar-refractivity contribution in [2.75, 3.05) is 5.32 Å². The Hall–Kier alpha value is -3.07. The van der Waals surface area contributed by atoms with Crippen LogP contribution in [0.15, 0.2) is 34.7 Å². The van der Waals surface area contributed by atoms with Crippen LogP contribution < -0.4 is 16.6 Å². The molecule has 26 heavy (non-hydrogen) atoms. The van der Waals surface area contributed by atoms with Gasteiger partial charge in [-0.15, -0.1) is 11.3 Å². The molecule has 2 heterocycles. The lowest BCUT2D eigenvalue weighted by Crippen LogP contribution is -2.23. The molecule has 0 fully saturated rings. The number of carbonyl (C=O) groups is 2. The largest absolute Gasteiger partial charge is 0.369 e. The summed E-state index contributed by atoms with van der Waals surface area (Å²) in [5, 5.41) is 5.24. The fourth-order valence-electron chi connectivity index (χ4n) is 2.52. The lowest BCUT2D eigenvalue weighted by atomic mass is 10.1. The van der Waals surface area contributed by atoms with Crippen LogP contribution in [0.5, 0.6) is 0 Å². The minimum Gasteiger partial charge on any atom is -0.369 e. The van der Waals surface area contributed by atoms with E-state index in [1.807, 2.05) is 19.1 Å². The smallest absolute Gasteiger partial charge is 0.261 e. The topological polar surface area (TPSA) is 120 Å². The SMILES string of the molecule is Cc1cccc2c(=O)n(CCC(=O)Nc3nc(CC(N)=O)cs3)cnc12. The van der Waals surface area contributed by atoms with E-state index in [4.69, 9.17) is 5.73 Å². The van der Waals surface area contributed by atoms with E-state index in [1.165, 1.54) is 22.2 Å². The highest BCUT2D eigenvalue weighted by Gasteiger charge is 2.10. The van der Waals surface area contributed by atoms with E-state index in [0.717, 1.165) is 5.56 Å². The third kappa shape index (κ3) is 3.94. The van der Waals surface area contributed by atoms with Crippen molar-refractivity contribution in [3.8, 4) is 0 Å². The van der Waals surface area contributed by atoms with E-state index in [-0.39, 0.29) is 30.9 Å². The fraction of sp³-hybridized carbons (Fsp3) is 0.235. The quantitative estimate of drug-likeness (QED) is 0.675. The average molecular weight is 371 g/mol. The number of thiazole rings is 1. The Morgan fingerprint density at radius 2 is 2.15 bits per heavy atom. The number of primary amides is 1. The molecule has 0 unspecified atom stereocenters. The summed E-state index contributed by atoms with van der Waals surface area (Å²) in [4.78, 5) is 43.9. The number of hydrogen-bond donors (Lipinski definition) is 2. The maximum atomic E-state index is 12.5. The summed E-state index contributed by atoms with van der Waals surface area (Å²) in [7, 11) is 0. The predicted molar refractivity (Wildman–Crippen MR) is 99.0 cm³/mol. The summed E-state index contributed by atoms with van der Waals surface area (Å²) in [6.07, 6.45) is 1.59. The minimum atomic E-state index is -0.480. The summed E-state index contributed by atoms with van der Waals surface area (Å²) in [5.41, 5.74) is 7.05. The number of amides is 2. The number of hydrogen-bond acceptors (Lipinski definition) is 6. The Bertz CT molecular complexity index is 1040. The molecular weight excluding hydrogens is 354 g/mol. The molecule has 0 atom stereocenters. The first kappa shape index (κ1) is 17.7. The van der Waals surface area contributed by atoms with Crippen molar-refractivity contribution in [3.05, 3.63) is 51.5 Å². The Kier molecular flexibility index (Phi) is 5.08. The van der Waals surface area contributed by atoms with Gasteiger partial charge in [0.15, 0.2) is 5.13 Å². The van der Waals surface area contributed by atoms with E-state index in [9.17, 15) is 14.4 Å². The molecule has 3 rings (SSSR count). The lowest BCUT2D eigenvalue weighted by molar-refractivity contribution is -0.117. The maximum absolute atomic E-state index is 12.5. The number of nitrogens with zero attached hydrogens (tertiary/aromatic N) is 3. The van der Waals surface area contributed by atoms with Crippen molar-refractivity contribution in [2.24, 2.45) is 5.73 Å². The summed E-state index contributed by atoms with van der Waals surface area (Å²) in [6, 6.07) is 5.43. The van der Waals surface area contributed by atoms with Crippen LogP contribution in [0.25, 0.3) is 10.9 Å². The van der Waals surface area contributed by atoms with Crippen LogP contribution in [0, 0.1) is 6.92 Å². The Morgan fingerprint density at radius 1 is 1.35 bits per heavy atom. The van der Waals surface area contributed by atoms with Gasteiger partial charge >= 0.3 is 0 Å². The number of rotatable bonds is 6. The van der Waals surface area contributed by atoms with Crippen molar-refractivity contribution in [3.63, 3.8) is 0 Å². The molecule has 2 amide bonds. The molecule has 0 aliphatic heterocycles. The van der Waals surface area contributed by atoms with Crippen LogP contribution >= 0.6 is 11.3 Å². The van der Waals surface area contributed by atoms with E-state index in [1.54, 1.807) is 11.4 Å². The number of carbonyl (C=O) groups excluding carboxylic acids is 2. The van der Waals surface area contributed by atoms with E-state index in [2.05, 4.69) is 15.3 Å². The maximum Gasteiger partial charge on any atom is 0.261 e. The average Bonchev–Trinajstić information content (AvgIpc) is 3.01. The molecule has 9 heteroatoms. The van der Waals surface area contributed by atoms with Gasteiger partial charge in [-0.05, 0) is 18.6 Å². The summed E-state index contributed by atoms with van der Waals surface area (Å²) < 4.78 is 1.42. The highest BCUT2D eigenvalue weighted by Crippen LogP contribution is 2.16. The number of aryl methyl sites for hydroxylation is 2. The normalized spacial score (nSPS) is 10.8. The molecule has 8 nitrogen and oxygen atoms in total. The first-order valence-corrected chi connectivity index (χ1v) is 8.79. The molecule has 2 aromatic heterocycles. The second-order valence-electron chi connectivity index (χ2n) is 5.80. The van der Waals surface area contributed by atoms with Crippen molar-refractivity contribution in [1.29, 1.82) is 0 Å². The van der Waals surface area contributed by atoms with Crippen molar-refractivity contribution in [2.45, 2.75) is 26.3 Å². The standard InChI is InChI=1S/C17H17N5O3S/c1-10-3-2-4-12-15(10)19-9-22(16(12)25)6-5-14(24)21-17-20-11(8-26-17)7-13(18)23/h2-4,8-9H,5-7H2,1H3,(H2,18,23)(H,20,21,24). The van der Waals surface area contributed by atoms with Crippen LogP contribution in [0.2, 0.25) is 0 Å². The number of nitrogens with two attached hydrogens (primary N) is 1. The van der Waals surface area contributed by atoms with Gasteiger partial charge in [0.05, 0.1) is 29.3 Å². The molecule has 0 radical (unpaired) electrons. The van der Waals surface area contributed by atoms with E-state index < -0.39 is 5.91 Å². The number of anilines is 1. The van der Waals surface area contributed by atoms with Gasteiger partial charge in [0.25, 0.3) is 5.56 Å². The molecule has 0 saturated heterocycles. The molecule has 0 aliphatic carbocycles. The van der Waals surface area contributed by atoms with Crippen LogP contribution in [0.1, 0.15) is 17.7 Å². The summed E-state index contributed by atoms with van der Waals surface area (Å²) >= 11 is 1.22. The number of benzene rings is 1. The zero-order valence-electron chi connectivity index (χ0n) is 14.1. The zero-order chi connectivity index (χ0) is 18.7. The Labute approximate surface area is 152 Å². The van der Waals surface area contributed by atoms with Crippen LogP contribution in [-0.2, 0) is 22.6 Å². The third-order valence-corrected chi connectivity index (χ3v) is 4.59. The molecule has 0 spiro atoms. The first-order chi connectivity index (χ1) is 12.4. The van der Waals surface area contributed by atoms with Gasteiger partial charge in [0.1, 0.15) is 0 Å². The Balaban J connectivity index is 1.65. The van der Waals surface area contributed by atoms with Gasteiger partial charge in [-0.1, -0.05) is 12.1 Å². The predicted octanol–water partition coefficient (Wildman–Crippen LogP) is 1.22. The van der Waals surface area contributed by atoms with Crippen LogP contribution in [0.4, 0.5) is 5.13 Å². The van der Waals surface area contributed by atoms with E-state index >= 15 is 0 Å². The molecule has 0 bridgehead atoms. The number of para-hydroxylation sites is 1. The Morgan fingerprint density at radius 3 is 2.92 bits per heavy atom. The van der Waals surface area contributed by atoms with Gasteiger partial charge in [0.2, 0.25) is 11.8 Å². The van der Waals surface area contributed by atoms with Gasteiger partial charge in [0, 0.05) is 18.3 Å². The van der Waals surface area contributed by atoms with Crippen molar-refractivity contribution < 1.29 is 9.59 Å². The van der Waals surface area contributed by atoms with Crippen LogP contribution in [-0.4, -0.2) is 26.3 Å². The zero-order valence-corrected chi connectivity index (χ0v) is 14.9. The minimum absolute atomic E-state index is 0.0317. The van der Waals surface area contributed by atoms with Gasteiger partial charge in [-0.3, -0.25) is 19.0 Å². The summed E-state index contributed by atoms with van der Waals surface area (Å²) in [5.74, 6) is -0.757. The highest BCUT2D eigenvalue weighted by molar-refractivity contribution is 7.13. The number of aromatic nitrogens is 3. The van der Waals surface area contributed by atoms with Crippen molar-refractivity contribution in [1.82, 2.24) is 14.5 Å². The molecule has 0 aliphatic rings. The molecule has 1 aromatic carbocycles. The molecular formula is C17H17N5O3S. The van der Waals surface area contributed by atoms with E-state index in [0.29, 0.717) is 21.7 Å². The molecule has 3 N–H and O–H groups in total.